The van der Waals surface area contributed by atoms with Crippen LogP contribution in [0.3, 0.4) is 0 Å². The summed E-state index contributed by atoms with van der Waals surface area (Å²) in [5.74, 6) is 0. The average molecular weight is 377 g/mol. The first-order valence-electron chi connectivity index (χ1n) is 8.36. The molecule has 0 heterocycles. The molecule has 3 aromatic carbocycles. The van der Waals surface area contributed by atoms with Crippen molar-refractivity contribution in [2.24, 2.45) is 0 Å². The van der Waals surface area contributed by atoms with Crippen LogP contribution in [0, 0.1) is 27.7 Å². The Hall–Kier alpha value is -1.80. The van der Waals surface area contributed by atoms with Gasteiger partial charge in [0.2, 0.25) is 6.71 Å². The number of rotatable bonds is 3. The Morgan fingerprint density at radius 1 is 0.583 bits per heavy atom. The molecule has 0 unspecified atom stereocenters. The molecule has 3 rings (SSSR count). The number of hydrogen-bond donors (Lipinski definition) is 0. The minimum atomic E-state index is 0.264. The highest BCUT2D eigenvalue weighted by atomic mass is 79.9. The topological polar surface area (TPSA) is 0 Å². The van der Waals surface area contributed by atoms with Crippen LogP contribution in [-0.2, 0) is 0 Å². The van der Waals surface area contributed by atoms with Gasteiger partial charge in [0, 0.05) is 4.47 Å². The third-order valence-electron chi connectivity index (χ3n) is 4.86. The molecule has 0 spiro atoms. The molecule has 3 aromatic rings. The van der Waals surface area contributed by atoms with Crippen LogP contribution >= 0.6 is 15.9 Å². The van der Waals surface area contributed by atoms with Gasteiger partial charge in [-0.2, -0.15) is 0 Å². The lowest BCUT2D eigenvalue weighted by Crippen LogP contribution is -2.55. The maximum Gasteiger partial charge on any atom is 0.242 e. The highest BCUT2D eigenvalue weighted by molar-refractivity contribution is 9.10. The number of aryl methyl sites for hydroxylation is 4. The Morgan fingerprint density at radius 3 is 1.33 bits per heavy atom. The largest absolute Gasteiger partial charge is 0.242 e. The van der Waals surface area contributed by atoms with Crippen LogP contribution in [-0.4, -0.2) is 6.71 Å². The van der Waals surface area contributed by atoms with Crippen LogP contribution in [0.25, 0.3) is 0 Å². The summed E-state index contributed by atoms with van der Waals surface area (Å²) < 4.78 is 1.12. The van der Waals surface area contributed by atoms with Crippen molar-refractivity contribution in [2.75, 3.05) is 0 Å². The first kappa shape index (κ1) is 17.0. The normalized spacial score (nSPS) is 10.7. The van der Waals surface area contributed by atoms with E-state index in [1.165, 1.54) is 38.6 Å². The molecule has 0 aliphatic carbocycles. The van der Waals surface area contributed by atoms with Crippen LogP contribution in [0.5, 0.6) is 0 Å². The SMILES string of the molecule is Cc1cccc(C)c1B(c1ccc(Br)cc1)c1c(C)cccc1C. The molecule has 0 bridgehead atoms. The first-order valence-corrected chi connectivity index (χ1v) is 9.16. The van der Waals surface area contributed by atoms with Gasteiger partial charge in [-0.25, -0.2) is 0 Å². The first-order chi connectivity index (χ1) is 11.5. The van der Waals surface area contributed by atoms with E-state index in [4.69, 9.17) is 0 Å². The molecule has 0 aromatic heterocycles. The average Bonchev–Trinajstić information content (AvgIpc) is 2.54. The van der Waals surface area contributed by atoms with E-state index in [9.17, 15) is 0 Å². The van der Waals surface area contributed by atoms with Crippen molar-refractivity contribution in [2.45, 2.75) is 27.7 Å². The minimum absolute atomic E-state index is 0.264. The van der Waals surface area contributed by atoms with Crippen molar-refractivity contribution < 1.29 is 0 Å². The smallest absolute Gasteiger partial charge is 0.0685 e. The second-order valence-electron chi connectivity index (χ2n) is 6.60. The van der Waals surface area contributed by atoms with E-state index in [-0.39, 0.29) is 6.71 Å². The van der Waals surface area contributed by atoms with E-state index in [0.717, 1.165) is 4.47 Å². The molecule has 24 heavy (non-hydrogen) atoms. The van der Waals surface area contributed by atoms with Crippen molar-refractivity contribution in [1.29, 1.82) is 0 Å². The lowest BCUT2D eigenvalue weighted by atomic mass is 9.34. The highest BCUT2D eigenvalue weighted by Gasteiger charge is 2.27. The number of hydrogen-bond acceptors (Lipinski definition) is 0. The Labute approximate surface area is 154 Å². The maximum atomic E-state index is 3.56. The summed E-state index contributed by atoms with van der Waals surface area (Å²) in [4.78, 5) is 0. The van der Waals surface area contributed by atoms with Crippen molar-refractivity contribution in [3.8, 4) is 0 Å². The summed E-state index contributed by atoms with van der Waals surface area (Å²) in [6.07, 6.45) is 0. The van der Waals surface area contributed by atoms with Crippen molar-refractivity contribution in [3.05, 3.63) is 87.4 Å². The lowest BCUT2D eigenvalue weighted by molar-refractivity contribution is 1.41. The molecule has 120 valence electrons. The Morgan fingerprint density at radius 2 is 0.958 bits per heavy atom. The van der Waals surface area contributed by atoms with Crippen LogP contribution in [0.2, 0.25) is 0 Å². The summed E-state index contributed by atoms with van der Waals surface area (Å²) in [6.45, 7) is 9.16. The van der Waals surface area contributed by atoms with Gasteiger partial charge in [-0.1, -0.05) is 103 Å². The third-order valence-corrected chi connectivity index (χ3v) is 5.39. The summed E-state index contributed by atoms with van der Waals surface area (Å²) in [5.41, 5.74) is 9.61. The molecule has 0 saturated heterocycles. The standard InChI is InChI=1S/C22H22BBr/c1-15-7-5-8-16(2)21(15)23(19-11-13-20(24)14-12-19)22-17(3)9-6-10-18(22)4/h5-14H,1-4H3. The van der Waals surface area contributed by atoms with Crippen molar-refractivity contribution in [1.82, 2.24) is 0 Å². The van der Waals surface area contributed by atoms with Crippen LogP contribution < -0.4 is 16.4 Å². The van der Waals surface area contributed by atoms with Gasteiger partial charge in [0.15, 0.2) is 0 Å². The fraction of sp³-hybridized carbons (Fsp3) is 0.182. The molecule has 0 aliphatic rings. The second-order valence-corrected chi connectivity index (χ2v) is 7.51. The second kappa shape index (κ2) is 6.98. The molecule has 0 nitrogen and oxygen atoms in total. The number of halogens is 1. The Bertz CT molecular complexity index is 774. The molecular weight excluding hydrogens is 355 g/mol. The molecule has 0 atom stereocenters. The zero-order chi connectivity index (χ0) is 17.3. The molecule has 2 heteroatoms. The van der Waals surface area contributed by atoms with E-state index < -0.39 is 0 Å². The van der Waals surface area contributed by atoms with Gasteiger partial charge in [-0.15, -0.1) is 0 Å². The Kier molecular flexibility index (Phi) is 4.96. The van der Waals surface area contributed by atoms with Gasteiger partial charge < -0.3 is 0 Å². The zero-order valence-corrected chi connectivity index (χ0v) is 16.3. The van der Waals surface area contributed by atoms with E-state index in [0.29, 0.717) is 0 Å². The predicted molar refractivity (Wildman–Crippen MR) is 111 cm³/mol. The van der Waals surface area contributed by atoms with Gasteiger partial charge in [0.05, 0.1) is 0 Å². The van der Waals surface area contributed by atoms with E-state index in [2.05, 4.69) is 104 Å². The fourth-order valence-electron chi connectivity index (χ4n) is 3.70. The minimum Gasteiger partial charge on any atom is -0.0685 e. The molecular formula is C22H22BBr. The Balaban J connectivity index is 2.32. The van der Waals surface area contributed by atoms with E-state index in [1.54, 1.807) is 0 Å². The molecule has 0 radical (unpaired) electrons. The van der Waals surface area contributed by atoms with E-state index in [1.807, 2.05) is 0 Å². The zero-order valence-electron chi connectivity index (χ0n) is 14.7. The van der Waals surface area contributed by atoms with E-state index >= 15 is 0 Å². The van der Waals surface area contributed by atoms with Gasteiger partial charge in [0.25, 0.3) is 0 Å². The van der Waals surface area contributed by atoms with Crippen molar-refractivity contribution in [3.63, 3.8) is 0 Å². The van der Waals surface area contributed by atoms with Gasteiger partial charge in [0.1, 0.15) is 0 Å². The maximum absolute atomic E-state index is 3.56. The number of benzene rings is 3. The summed E-state index contributed by atoms with van der Waals surface area (Å²) >= 11 is 3.56. The molecule has 0 saturated carbocycles. The molecule has 0 N–H and O–H groups in total. The summed E-state index contributed by atoms with van der Waals surface area (Å²) in [6, 6.07) is 22.0. The quantitative estimate of drug-likeness (QED) is 0.601. The summed E-state index contributed by atoms with van der Waals surface area (Å²) in [7, 11) is 0. The van der Waals surface area contributed by atoms with Crippen LogP contribution in [0.4, 0.5) is 0 Å². The molecule has 0 fully saturated rings. The lowest BCUT2D eigenvalue weighted by Gasteiger charge is -2.23. The third kappa shape index (κ3) is 3.21. The fourth-order valence-corrected chi connectivity index (χ4v) is 3.96. The predicted octanol–water partition coefficient (Wildman–Crippen LogP) is 4.20. The highest BCUT2D eigenvalue weighted by Crippen LogP contribution is 2.11. The van der Waals surface area contributed by atoms with Gasteiger partial charge >= 0.3 is 0 Å². The van der Waals surface area contributed by atoms with Crippen molar-refractivity contribution >= 4 is 39.0 Å². The van der Waals surface area contributed by atoms with Crippen LogP contribution in [0.1, 0.15) is 22.3 Å². The molecule has 0 amide bonds. The summed E-state index contributed by atoms with van der Waals surface area (Å²) in [5, 5.41) is 0. The monoisotopic (exact) mass is 376 g/mol. The van der Waals surface area contributed by atoms with Gasteiger partial charge in [-0.05, 0) is 39.8 Å². The van der Waals surface area contributed by atoms with Crippen LogP contribution in [0.15, 0.2) is 65.1 Å². The van der Waals surface area contributed by atoms with Gasteiger partial charge in [-0.3, -0.25) is 0 Å². The molecule has 0 aliphatic heterocycles.